The zero-order valence-corrected chi connectivity index (χ0v) is 11.9. The van der Waals surface area contributed by atoms with E-state index in [-0.39, 0.29) is 6.04 Å². The minimum Gasteiger partial charge on any atom is -0.497 e. The molecule has 0 aliphatic heterocycles. The first-order valence-corrected chi connectivity index (χ1v) is 6.56. The first-order chi connectivity index (χ1) is 8.67. The van der Waals surface area contributed by atoms with Crippen LogP contribution in [0.4, 0.5) is 0 Å². The third kappa shape index (κ3) is 5.07. The number of ether oxygens (including phenoxy) is 2. The van der Waals surface area contributed by atoms with Gasteiger partial charge in [-0.2, -0.15) is 0 Å². The molecule has 0 saturated carbocycles. The minimum absolute atomic E-state index is 0.215. The first kappa shape index (κ1) is 15.0. The molecule has 0 spiro atoms. The normalized spacial score (nSPS) is 12.7. The number of rotatable bonds is 8. The highest BCUT2D eigenvalue weighted by molar-refractivity contribution is 5.30. The summed E-state index contributed by atoms with van der Waals surface area (Å²) in [4.78, 5) is 0. The molecular formula is C15H25NO2. The molecule has 1 N–H and O–H groups in total. The molecule has 0 amide bonds. The first-order valence-electron chi connectivity index (χ1n) is 6.56. The lowest BCUT2D eigenvalue weighted by molar-refractivity contribution is 0.104. The molecule has 1 rings (SSSR count). The summed E-state index contributed by atoms with van der Waals surface area (Å²) in [6.07, 6.45) is 1.11. The second-order valence-corrected chi connectivity index (χ2v) is 4.88. The molecule has 0 aromatic heterocycles. The van der Waals surface area contributed by atoms with Crippen molar-refractivity contribution in [3.05, 3.63) is 29.8 Å². The van der Waals surface area contributed by atoms with E-state index in [1.54, 1.807) is 7.11 Å². The van der Waals surface area contributed by atoms with Crippen LogP contribution >= 0.6 is 0 Å². The molecular weight excluding hydrogens is 226 g/mol. The Kier molecular flexibility index (Phi) is 6.76. The van der Waals surface area contributed by atoms with Crippen molar-refractivity contribution in [3.63, 3.8) is 0 Å². The van der Waals surface area contributed by atoms with Crippen LogP contribution in [0, 0.1) is 5.92 Å². The van der Waals surface area contributed by atoms with E-state index in [4.69, 9.17) is 9.47 Å². The van der Waals surface area contributed by atoms with Crippen molar-refractivity contribution in [2.24, 2.45) is 5.92 Å². The van der Waals surface area contributed by atoms with Gasteiger partial charge in [-0.05, 0) is 37.1 Å². The molecule has 1 aromatic rings. The van der Waals surface area contributed by atoms with E-state index in [1.165, 1.54) is 5.56 Å². The van der Waals surface area contributed by atoms with Crippen LogP contribution in [-0.2, 0) is 4.74 Å². The molecule has 0 fully saturated rings. The zero-order chi connectivity index (χ0) is 13.4. The van der Waals surface area contributed by atoms with E-state index < -0.39 is 0 Å². The second-order valence-electron chi connectivity index (χ2n) is 4.88. The van der Waals surface area contributed by atoms with E-state index in [0.717, 1.165) is 18.8 Å². The van der Waals surface area contributed by atoms with Gasteiger partial charge in [0.15, 0.2) is 0 Å². The fourth-order valence-corrected chi connectivity index (χ4v) is 1.72. The van der Waals surface area contributed by atoms with Gasteiger partial charge in [0.2, 0.25) is 0 Å². The highest BCUT2D eigenvalue weighted by Crippen LogP contribution is 2.19. The third-order valence-electron chi connectivity index (χ3n) is 2.97. The van der Waals surface area contributed by atoms with Crippen molar-refractivity contribution < 1.29 is 9.47 Å². The Morgan fingerprint density at radius 3 is 2.67 bits per heavy atom. The molecule has 3 heteroatoms. The lowest BCUT2D eigenvalue weighted by atomic mass is 10.1. The highest BCUT2D eigenvalue weighted by atomic mass is 16.5. The van der Waals surface area contributed by atoms with Crippen LogP contribution in [-0.4, -0.2) is 27.4 Å². The number of methoxy groups -OCH3 is 1. The summed E-state index contributed by atoms with van der Waals surface area (Å²) in [5.74, 6) is 1.57. The van der Waals surface area contributed by atoms with E-state index in [0.29, 0.717) is 12.5 Å². The molecule has 0 aliphatic carbocycles. The Hall–Kier alpha value is -1.06. The standard InChI is InChI=1S/C15H25NO2/c1-12(2)8-9-18-11-15(16-3)13-6-5-7-14(10-13)17-4/h5-7,10,12,15-16H,8-9,11H2,1-4H3. The van der Waals surface area contributed by atoms with Gasteiger partial charge >= 0.3 is 0 Å². The fraction of sp³-hybridized carbons (Fsp3) is 0.600. The highest BCUT2D eigenvalue weighted by Gasteiger charge is 2.10. The lowest BCUT2D eigenvalue weighted by Gasteiger charge is -2.18. The van der Waals surface area contributed by atoms with Crippen molar-refractivity contribution in [2.75, 3.05) is 27.4 Å². The number of hydrogen-bond donors (Lipinski definition) is 1. The summed E-state index contributed by atoms with van der Waals surface area (Å²) < 4.78 is 11.0. The minimum atomic E-state index is 0.215. The maximum atomic E-state index is 5.72. The van der Waals surface area contributed by atoms with Gasteiger partial charge in [-0.15, -0.1) is 0 Å². The lowest BCUT2D eigenvalue weighted by Crippen LogP contribution is -2.22. The summed E-state index contributed by atoms with van der Waals surface area (Å²) in [6.45, 7) is 5.93. The molecule has 0 heterocycles. The van der Waals surface area contributed by atoms with Gasteiger partial charge < -0.3 is 14.8 Å². The Morgan fingerprint density at radius 1 is 1.28 bits per heavy atom. The SMILES string of the molecule is CNC(COCCC(C)C)c1cccc(OC)c1. The van der Waals surface area contributed by atoms with Crippen LogP contribution in [0.25, 0.3) is 0 Å². The summed E-state index contributed by atoms with van der Waals surface area (Å²) in [7, 11) is 3.64. The molecule has 3 nitrogen and oxygen atoms in total. The van der Waals surface area contributed by atoms with Crippen LogP contribution in [0.3, 0.4) is 0 Å². The maximum absolute atomic E-state index is 5.72. The van der Waals surface area contributed by atoms with Gasteiger partial charge in [-0.25, -0.2) is 0 Å². The predicted molar refractivity (Wildman–Crippen MR) is 75.1 cm³/mol. The Bertz CT molecular complexity index is 339. The van der Waals surface area contributed by atoms with Gasteiger partial charge in [-0.3, -0.25) is 0 Å². The largest absolute Gasteiger partial charge is 0.497 e. The van der Waals surface area contributed by atoms with E-state index >= 15 is 0 Å². The van der Waals surface area contributed by atoms with Crippen molar-refractivity contribution >= 4 is 0 Å². The quantitative estimate of drug-likeness (QED) is 0.720. The summed E-state index contributed by atoms with van der Waals surface area (Å²) >= 11 is 0. The van der Waals surface area contributed by atoms with Gasteiger partial charge in [-0.1, -0.05) is 26.0 Å². The van der Waals surface area contributed by atoms with Crippen LogP contribution in [0.1, 0.15) is 31.9 Å². The summed E-state index contributed by atoms with van der Waals surface area (Å²) in [6, 6.07) is 8.32. The molecule has 1 aromatic carbocycles. The molecule has 18 heavy (non-hydrogen) atoms. The average Bonchev–Trinajstić information content (AvgIpc) is 2.38. The zero-order valence-electron chi connectivity index (χ0n) is 11.9. The third-order valence-corrected chi connectivity index (χ3v) is 2.97. The van der Waals surface area contributed by atoms with Crippen LogP contribution in [0.5, 0.6) is 5.75 Å². The summed E-state index contributed by atoms with van der Waals surface area (Å²) in [5, 5.41) is 3.28. The number of likely N-dealkylation sites (N-methyl/N-ethyl adjacent to an activating group) is 1. The van der Waals surface area contributed by atoms with Gasteiger partial charge in [0, 0.05) is 6.61 Å². The number of nitrogens with one attached hydrogen (secondary N) is 1. The van der Waals surface area contributed by atoms with Crippen LogP contribution < -0.4 is 10.1 Å². The molecule has 0 bridgehead atoms. The van der Waals surface area contributed by atoms with Crippen molar-refractivity contribution in [1.82, 2.24) is 5.32 Å². The molecule has 0 aliphatic rings. The van der Waals surface area contributed by atoms with Crippen LogP contribution in [0.15, 0.2) is 24.3 Å². The van der Waals surface area contributed by atoms with E-state index in [2.05, 4.69) is 25.2 Å². The van der Waals surface area contributed by atoms with Crippen molar-refractivity contribution in [3.8, 4) is 5.75 Å². The Morgan fingerprint density at radius 2 is 2.06 bits per heavy atom. The van der Waals surface area contributed by atoms with E-state index in [1.807, 2.05) is 25.2 Å². The van der Waals surface area contributed by atoms with E-state index in [9.17, 15) is 0 Å². The van der Waals surface area contributed by atoms with Gasteiger partial charge in [0.1, 0.15) is 5.75 Å². The molecule has 0 radical (unpaired) electrons. The number of benzene rings is 1. The molecule has 102 valence electrons. The molecule has 1 atom stereocenters. The van der Waals surface area contributed by atoms with Gasteiger partial charge in [0.05, 0.1) is 19.8 Å². The maximum Gasteiger partial charge on any atom is 0.119 e. The Balaban J connectivity index is 2.49. The fourth-order valence-electron chi connectivity index (χ4n) is 1.72. The average molecular weight is 251 g/mol. The topological polar surface area (TPSA) is 30.5 Å². The second kappa shape index (κ2) is 8.11. The van der Waals surface area contributed by atoms with Gasteiger partial charge in [0.25, 0.3) is 0 Å². The monoisotopic (exact) mass is 251 g/mol. The molecule has 1 unspecified atom stereocenters. The van der Waals surface area contributed by atoms with Crippen LogP contribution in [0.2, 0.25) is 0 Å². The number of hydrogen-bond acceptors (Lipinski definition) is 3. The predicted octanol–water partition coefficient (Wildman–Crippen LogP) is 3.02. The summed E-state index contributed by atoms with van der Waals surface area (Å²) in [5.41, 5.74) is 1.20. The van der Waals surface area contributed by atoms with Crippen molar-refractivity contribution in [2.45, 2.75) is 26.3 Å². The molecule has 0 saturated heterocycles. The smallest absolute Gasteiger partial charge is 0.119 e. The van der Waals surface area contributed by atoms with Crippen molar-refractivity contribution in [1.29, 1.82) is 0 Å². The Labute approximate surface area is 110 Å².